The Morgan fingerprint density at radius 1 is 1.67 bits per heavy atom. The first kappa shape index (κ1) is 9.74. The van der Waals surface area contributed by atoms with Gasteiger partial charge in [-0.2, -0.15) is 5.26 Å². The van der Waals surface area contributed by atoms with Crippen LogP contribution in [0.3, 0.4) is 0 Å². The van der Waals surface area contributed by atoms with Crippen molar-refractivity contribution in [2.45, 2.75) is 12.5 Å². The minimum absolute atomic E-state index is 0.247. The molecule has 78 valence electrons. The van der Waals surface area contributed by atoms with Gasteiger partial charge in [-0.05, 0) is 18.6 Å². The van der Waals surface area contributed by atoms with E-state index in [0.717, 1.165) is 13.0 Å². The predicted octanol–water partition coefficient (Wildman–Crippen LogP) is 0.736. The van der Waals surface area contributed by atoms with E-state index in [9.17, 15) is 0 Å². The summed E-state index contributed by atoms with van der Waals surface area (Å²) in [6.07, 6.45) is 1.31. The number of pyridine rings is 1. The molecule has 0 unspecified atom stereocenters. The van der Waals surface area contributed by atoms with E-state index in [1.165, 1.54) is 0 Å². The molecule has 0 aromatic carbocycles. The third-order valence-corrected chi connectivity index (χ3v) is 2.33. The van der Waals surface area contributed by atoms with Crippen LogP contribution in [-0.2, 0) is 4.74 Å². The van der Waals surface area contributed by atoms with Crippen LogP contribution in [0.5, 0.6) is 0 Å². The average Bonchev–Trinajstić information content (AvgIpc) is 2.18. The molecule has 1 aromatic heterocycles. The zero-order valence-electron chi connectivity index (χ0n) is 8.23. The summed E-state index contributed by atoms with van der Waals surface area (Å²) in [6.45, 7) is 1.51. The quantitative estimate of drug-likeness (QED) is 0.758. The normalized spacial score (nSPS) is 19.0. The van der Waals surface area contributed by atoms with E-state index < -0.39 is 0 Å². The fraction of sp³-hybridized carbons (Fsp3) is 0.400. The number of nitriles is 1. The van der Waals surface area contributed by atoms with E-state index in [-0.39, 0.29) is 6.10 Å². The fourth-order valence-corrected chi connectivity index (χ4v) is 1.33. The van der Waals surface area contributed by atoms with E-state index in [2.05, 4.69) is 10.3 Å². The molecule has 2 heterocycles. The summed E-state index contributed by atoms with van der Waals surface area (Å²) in [6, 6.07) is 5.25. The highest BCUT2D eigenvalue weighted by Crippen LogP contribution is 2.17. The van der Waals surface area contributed by atoms with Crippen LogP contribution in [0.1, 0.15) is 12.1 Å². The monoisotopic (exact) mass is 204 g/mol. The Labute approximate surface area is 87.9 Å². The third-order valence-electron chi connectivity index (χ3n) is 2.33. The molecule has 1 aliphatic heterocycles. The van der Waals surface area contributed by atoms with Crippen molar-refractivity contribution >= 4 is 11.5 Å². The van der Waals surface area contributed by atoms with Crippen LogP contribution in [0.4, 0.5) is 11.5 Å². The van der Waals surface area contributed by atoms with Crippen LogP contribution in [0.25, 0.3) is 0 Å². The van der Waals surface area contributed by atoms with Crippen LogP contribution in [0.15, 0.2) is 12.1 Å². The number of hydrogen-bond donors (Lipinski definition) is 2. The number of nitrogens with two attached hydrogens (primary N) is 1. The van der Waals surface area contributed by atoms with Crippen LogP contribution < -0.4 is 11.1 Å². The van der Waals surface area contributed by atoms with Gasteiger partial charge in [0, 0.05) is 13.2 Å². The molecule has 0 bridgehead atoms. The first-order valence-electron chi connectivity index (χ1n) is 4.81. The SMILES string of the molecule is N#Cc1ccc(N)c(NC[C@@H]2CCO2)n1. The Hall–Kier alpha value is -1.80. The van der Waals surface area contributed by atoms with Gasteiger partial charge >= 0.3 is 0 Å². The lowest BCUT2D eigenvalue weighted by Crippen LogP contribution is -2.33. The van der Waals surface area contributed by atoms with Crippen molar-refractivity contribution in [1.82, 2.24) is 4.98 Å². The number of anilines is 2. The molecule has 1 aromatic rings. The predicted molar refractivity (Wildman–Crippen MR) is 56.2 cm³/mol. The van der Waals surface area contributed by atoms with Gasteiger partial charge in [-0.15, -0.1) is 0 Å². The van der Waals surface area contributed by atoms with E-state index >= 15 is 0 Å². The molecule has 1 aliphatic rings. The molecule has 5 heteroatoms. The maximum atomic E-state index is 8.68. The highest BCUT2D eigenvalue weighted by Gasteiger charge is 2.17. The summed E-state index contributed by atoms with van der Waals surface area (Å²) in [4.78, 5) is 4.07. The van der Waals surface area contributed by atoms with Crippen molar-refractivity contribution in [2.75, 3.05) is 24.2 Å². The van der Waals surface area contributed by atoms with E-state index in [0.29, 0.717) is 23.7 Å². The van der Waals surface area contributed by atoms with Crippen LogP contribution in [-0.4, -0.2) is 24.2 Å². The number of aromatic nitrogens is 1. The van der Waals surface area contributed by atoms with Gasteiger partial charge in [-0.25, -0.2) is 4.98 Å². The molecule has 0 saturated carbocycles. The zero-order valence-corrected chi connectivity index (χ0v) is 8.23. The number of nitrogen functional groups attached to an aromatic ring is 1. The van der Waals surface area contributed by atoms with Gasteiger partial charge < -0.3 is 15.8 Å². The molecule has 0 spiro atoms. The molecule has 1 fully saturated rings. The van der Waals surface area contributed by atoms with Crippen LogP contribution in [0, 0.1) is 11.3 Å². The van der Waals surface area contributed by atoms with Crippen molar-refractivity contribution in [3.05, 3.63) is 17.8 Å². The highest BCUT2D eigenvalue weighted by molar-refractivity contribution is 5.62. The Morgan fingerprint density at radius 3 is 3.07 bits per heavy atom. The smallest absolute Gasteiger partial charge is 0.150 e. The van der Waals surface area contributed by atoms with Gasteiger partial charge in [0.15, 0.2) is 5.82 Å². The third kappa shape index (κ3) is 2.17. The maximum Gasteiger partial charge on any atom is 0.150 e. The molecule has 5 nitrogen and oxygen atoms in total. The minimum atomic E-state index is 0.247. The molecule has 1 atom stereocenters. The van der Waals surface area contributed by atoms with Gasteiger partial charge in [0.25, 0.3) is 0 Å². The second-order valence-corrected chi connectivity index (χ2v) is 3.41. The molecular weight excluding hydrogens is 192 g/mol. The van der Waals surface area contributed by atoms with Crippen LogP contribution in [0.2, 0.25) is 0 Å². The van der Waals surface area contributed by atoms with Gasteiger partial charge in [0.05, 0.1) is 11.8 Å². The molecule has 2 rings (SSSR count). The maximum absolute atomic E-state index is 8.68. The van der Waals surface area contributed by atoms with Crippen molar-refractivity contribution in [2.24, 2.45) is 0 Å². The lowest BCUT2D eigenvalue weighted by atomic mass is 10.2. The van der Waals surface area contributed by atoms with Gasteiger partial charge in [0.1, 0.15) is 11.8 Å². The van der Waals surface area contributed by atoms with Crippen molar-refractivity contribution in [3.63, 3.8) is 0 Å². The lowest BCUT2D eigenvalue weighted by Gasteiger charge is -2.26. The number of nitrogens with zero attached hydrogens (tertiary/aromatic N) is 2. The molecule has 0 radical (unpaired) electrons. The average molecular weight is 204 g/mol. The standard InChI is InChI=1S/C10H12N4O/c11-5-7-1-2-9(12)10(14-7)13-6-8-3-4-15-8/h1-2,8H,3-4,6,12H2,(H,13,14)/t8-/m0/s1. The van der Waals surface area contributed by atoms with Gasteiger partial charge in [0.2, 0.25) is 0 Å². The van der Waals surface area contributed by atoms with Crippen molar-refractivity contribution in [1.29, 1.82) is 5.26 Å². The van der Waals surface area contributed by atoms with Gasteiger partial charge in [-0.3, -0.25) is 0 Å². The van der Waals surface area contributed by atoms with E-state index in [1.807, 2.05) is 6.07 Å². The first-order valence-corrected chi connectivity index (χ1v) is 4.81. The number of nitrogens with one attached hydrogen (secondary N) is 1. The summed E-state index contributed by atoms with van der Waals surface area (Å²) in [5, 5.41) is 11.8. The van der Waals surface area contributed by atoms with E-state index in [4.69, 9.17) is 15.7 Å². The Kier molecular flexibility index (Phi) is 2.70. The van der Waals surface area contributed by atoms with Crippen LogP contribution >= 0.6 is 0 Å². The Morgan fingerprint density at radius 2 is 2.47 bits per heavy atom. The summed E-state index contributed by atoms with van der Waals surface area (Å²) in [7, 11) is 0. The summed E-state index contributed by atoms with van der Waals surface area (Å²) >= 11 is 0. The summed E-state index contributed by atoms with van der Waals surface area (Å²) < 4.78 is 5.25. The highest BCUT2D eigenvalue weighted by atomic mass is 16.5. The van der Waals surface area contributed by atoms with Crippen molar-refractivity contribution in [3.8, 4) is 6.07 Å². The minimum Gasteiger partial charge on any atom is -0.396 e. The van der Waals surface area contributed by atoms with Crippen molar-refractivity contribution < 1.29 is 4.74 Å². The van der Waals surface area contributed by atoms with Gasteiger partial charge in [-0.1, -0.05) is 0 Å². The zero-order chi connectivity index (χ0) is 10.7. The molecular formula is C10H12N4O. The van der Waals surface area contributed by atoms with E-state index in [1.54, 1.807) is 12.1 Å². The summed E-state index contributed by atoms with van der Waals surface area (Å²) in [5.74, 6) is 0.560. The first-order chi connectivity index (χ1) is 7.29. The molecule has 1 saturated heterocycles. The second kappa shape index (κ2) is 4.15. The molecule has 0 aliphatic carbocycles. The Bertz CT molecular complexity index is 395. The molecule has 15 heavy (non-hydrogen) atoms. The molecule has 3 N–H and O–H groups in total. The molecule has 0 amide bonds. The Balaban J connectivity index is 2.02. The topological polar surface area (TPSA) is 84.0 Å². The summed E-state index contributed by atoms with van der Waals surface area (Å²) in [5.41, 5.74) is 6.63. The second-order valence-electron chi connectivity index (χ2n) is 3.41. The number of hydrogen-bond acceptors (Lipinski definition) is 5. The number of ether oxygens (including phenoxy) is 1. The number of rotatable bonds is 3. The largest absolute Gasteiger partial charge is 0.396 e. The fourth-order valence-electron chi connectivity index (χ4n) is 1.33. The lowest BCUT2D eigenvalue weighted by molar-refractivity contribution is -0.0410.